The topological polar surface area (TPSA) is 67.8 Å². The van der Waals surface area contributed by atoms with Crippen LogP contribution in [0.5, 0.6) is 5.88 Å². The second kappa shape index (κ2) is 11.0. The minimum atomic E-state index is -0.220. The Morgan fingerprint density at radius 2 is 2.08 bits per heavy atom. The molecule has 6 nitrogen and oxygen atoms in total. The first-order chi connectivity index (χ1) is 12.7. The predicted octanol–water partition coefficient (Wildman–Crippen LogP) is 2.15. The van der Waals surface area contributed by atoms with Crippen LogP contribution in [-0.2, 0) is 17.7 Å². The molecule has 7 heteroatoms. The fraction of sp³-hybridized carbons (Fsp3) is 0.368. The van der Waals surface area contributed by atoms with Crippen LogP contribution in [0.2, 0.25) is 0 Å². The van der Waals surface area contributed by atoms with Gasteiger partial charge in [0.2, 0.25) is 5.88 Å². The lowest BCUT2D eigenvalue weighted by Gasteiger charge is -2.14. The average molecular weight is 360 g/mol. The Morgan fingerprint density at radius 3 is 2.85 bits per heavy atom. The molecule has 0 saturated heterocycles. The Kier molecular flexibility index (Phi) is 8.35. The normalized spacial score (nSPS) is 11.3. The molecule has 2 rings (SSSR count). The van der Waals surface area contributed by atoms with E-state index in [0.29, 0.717) is 44.6 Å². The first-order valence-electron chi connectivity index (χ1n) is 8.47. The summed E-state index contributed by atoms with van der Waals surface area (Å²) >= 11 is 0. The van der Waals surface area contributed by atoms with Gasteiger partial charge in [-0.2, -0.15) is 0 Å². The maximum absolute atomic E-state index is 13.2. The highest BCUT2D eigenvalue weighted by Gasteiger charge is 2.06. The quantitative estimate of drug-likeness (QED) is 0.407. The number of nitrogens with one attached hydrogen (secondary N) is 2. The zero-order valence-corrected chi connectivity index (χ0v) is 15.2. The molecule has 0 bridgehead atoms. The number of guanidine groups is 1. The van der Waals surface area contributed by atoms with E-state index in [0.717, 1.165) is 11.1 Å². The van der Waals surface area contributed by atoms with Gasteiger partial charge in [0.15, 0.2) is 5.96 Å². The second-order valence-electron chi connectivity index (χ2n) is 5.54. The van der Waals surface area contributed by atoms with E-state index < -0.39 is 0 Å². The van der Waals surface area contributed by atoms with Crippen LogP contribution in [0.4, 0.5) is 4.39 Å². The summed E-state index contributed by atoms with van der Waals surface area (Å²) in [6.45, 7) is 2.12. The van der Waals surface area contributed by atoms with Crippen LogP contribution in [0.3, 0.4) is 0 Å². The van der Waals surface area contributed by atoms with E-state index >= 15 is 0 Å². The Bertz CT molecular complexity index is 709. The third-order valence-electron chi connectivity index (χ3n) is 3.64. The van der Waals surface area contributed by atoms with Gasteiger partial charge in [-0.25, -0.2) is 9.37 Å². The summed E-state index contributed by atoms with van der Waals surface area (Å²) in [6.07, 6.45) is 2.40. The van der Waals surface area contributed by atoms with Crippen LogP contribution in [0.15, 0.2) is 47.6 Å². The van der Waals surface area contributed by atoms with Gasteiger partial charge in [0, 0.05) is 39.0 Å². The van der Waals surface area contributed by atoms with Gasteiger partial charge in [0.25, 0.3) is 0 Å². The van der Waals surface area contributed by atoms with Gasteiger partial charge in [0.1, 0.15) is 12.4 Å². The number of nitrogens with zero attached hydrogens (tertiary/aromatic N) is 2. The number of ether oxygens (including phenoxy) is 2. The van der Waals surface area contributed by atoms with Crippen molar-refractivity contribution in [3.63, 3.8) is 0 Å². The van der Waals surface area contributed by atoms with Gasteiger partial charge >= 0.3 is 0 Å². The summed E-state index contributed by atoms with van der Waals surface area (Å²) in [5, 5.41) is 6.44. The summed E-state index contributed by atoms with van der Waals surface area (Å²) in [5.41, 5.74) is 1.87. The molecule has 0 unspecified atom stereocenters. The first-order valence-corrected chi connectivity index (χ1v) is 8.47. The number of benzene rings is 1. The number of aromatic nitrogens is 1. The summed E-state index contributed by atoms with van der Waals surface area (Å²) < 4.78 is 23.8. The number of aliphatic imine (C=N–C) groups is 1. The molecular formula is C19H25FN4O2. The molecule has 1 aromatic heterocycles. The van der Waals surface area contributed by atoms with E-state index in [1.165, 1.54) is 12.1 Å². The Balaban J connectivity index is 1.81. The Labute approximate surface area is 153 Å². The summed E-state index contributed by atoms with van der Waals surface area (Å²) in [6, 6.07) is 10.4. The van der Waals surface area contributed by atoms with Crippen LogP contribution in [0.1, 0.15) is 11.1 Å². The van der Waals surface area contributed by atoms with Gasteiger partial charge in [-0.1, -0.05) is 18.2 Å². The summed E-state index contributed by atoms with van der Waals surface area (Å²) in [7, 11) is 3.33. The largest absolute Gasteiger partial charge is 0.475 e. The van der Waals surface area contributed by atoms with Crippen molar-refractivity contribution in [3.05, 3.63) is 59.5 Å². The van der Waals surface area contributed by atoms with Crippen LogP contribution in [0.25, 0.3) is 0 Å². The molecular weight excluding hydrogens is 335 g/mol. The fourth-order valence-corrected chi connectivity index (χ4v) is 2.33. The third-order valence-corrected chi connectivity index (χ3v) is 3.64. The van der Waals surface area contributed by atoms with Crippen molar-refractivity contribution in [1.29, 1.82) is 0 Å². The standard InChI is InChI=1S/C19H25FN4O2/c1-21-19(23-10-8-15-5-3-7-17(20)13-15)24-14-16-6-4-9-22-18(16)26-12-11-25-2/h3-7,9,13H,8,10-12,14H2,1-2H3,(H2,21,23,24). The van der Waals surface area contributed by atoms with Crippen molar-refractivity contribution >= 4 is 5.96 Å². The van der Waals surface area contributed by atoms with E-state index in [4.69, 9.17) is 9.47 Å². The highest BCUT2D eigenvalue weighted by Crippen LogP contribution is 2.13. The molecule has 26 heavy (non-hydrogen) atoms. The van der Waals surface area contributed by atoms with Gasteiger partial charge in [0.05, 0.1) is 6.61 Å². The molecule has 2 N–H and O–H groups in total. The number of pyridine rings is 1. The Morgan fingerprint density at radius 1 is 1.19 bits per heavy atom. The SMILES string of the molecule is CN=C(NCCc1cccc(F)c1)NCc1cccnc1OCCOC. The van der Waals surface area contributed by atoms with Gasteiger partial charge in [-0.3, -0.25) is 4.99 Å². The van der Waals surface area contributed by atoms with Crippen LogP contribution >= 0.6 is 0 Å². The molecule has 0 atom stereocenters. The van der Waals surface area contributed by atoms with Crippen molar-refractivity contribution in [2.45, 2.75) is 13.0 Å². The van der Waals surface area contributed by atoms with Gasteiger partial charge in [-0.15, -0.1) is 0 Å². The molecule has 0 aliphatic rings. The average Bonchev–Trinajstić information content (AvgIpc) is 2.66. The maximum Gasteiger partial charge on any atom is 0.218 e. The van der Waals surface area contributed by atoms with Crippen LogP contribution in [-0.4, -0.2) is 44.9 Å². The van der Waals surface area contributed by atoms with Crippen molar-refractivity contribution < 1.29 is 13.9 Å². The molecule has 0 spiro atoms. The van der Waals surface area contributed by atoms with E-state index in [2.05, 4.69) is 20.6 Å². The van der Waals surface area contributed by atoms with Crippen molar-refractivity contribution in [2.24, 2.45) is 4.99 Å². The smallest absolute Gasteiger partial charge is 0.218 e. The van der Waals surface area contributed by atoms with E-state index in [1.807, 2.05) is 18.2 Å². The number of methoxy groups -OCH3 is 1. The monoisotopic (exact) mass is 360 g/mol. The van der Waals surface area contributed by atoms with Gasteiger partial charge < -0.3 is 20.1 Å². The van der Waals surface area contributed by atoms with Gasteiger partial charge in [-0.05, 0) is 30.2 Å². The third kappa shape index (κ3) is 6.68. The number of hydrogen-bond donors (Lipinski definition) is 2. The molecule has 0 aliphatic carbocycles. The van der Waals surface area contributed by atoms with Crippen molar-refractivity contribution in [1.82, 2.24) is 15.6 Å². The molecule has 1 aromatic carbocycles. The molecule has 0 saturated carbocycles. The van der Waals surface area contributed by atoms with Crippen LogP contribution in [0, 0.1) is 5.82 Å². The van der Waals surface area contributed by atoms with Crippen molar-refractivity contribution in [3.8, 4) is 5.88 Å². The summed E-state index contributed by atoms with van der Waals surface area (Å²) in [5.74, 6) is 1.02. The Hall–Kier alpha value is -2.67. The summed E-state index contributed by atoms with van der Waals surface area (Å²) in [4.78, 5) is 8.45. The molecule has 2 aromatic rings. The number of rotatable bonds is 9. The lowest BCUT2D eigenvalue weighted by atomic mass is 10.1. The minimum Gasteiger partial charge on any atom is -0.475 e. The van der Waals surface area contributed by atoms with Crippen molar-refractivity contribution in [2.75, 3.05) is 33.9 Å². The van der Waals surface area contributed by atoms with E-state index in [-0.39, 0.29) is 5.82 Å². The zero-order valence-electron chi connectivity index (χ0n) is 15.2. The molecule has 0 amide bonds. The molecule has 0 radical (unpaired) electrons. The fourth-order valence-electron chi connectivity index (χ4n) is 2.33. The van der Waals surface area contributed by atoms with E-state index in [9.17, 15) is 4.39 Å². The maximum atomic E-state index is 13.2. The second-order valence-corrected chi connectivity index (χ2v) is 5.54. The molecule has 0 fully saturated rings. The highest BCUT2D eigenvalue weighted by molar-refractivity contribution is 5.79. The highest BCUT2D eigenvalue weighted by atomic mass is 19.1. The molecule has 140 valence electrons. The first kappa shape index (κ1) is 19.7. The number of halogens is 1. The minimum absolute atomic E-state index is 0.220. The number of hydrogen-bond acceptors (Lipinski definition) is 4. The van der Waals surface area contributed by atoms with E-state index in [1.54, 1.807) is 26.4 Å². The zero-order chi connectivity index (χ0) is 18.6. The molecule has 1 heterocycles. The van der Waals surface area contributed by atoms with Crippen LogP contribution < -0.4 is 15.4 Å². The lowest BCUT2D eigenvalue weighted by molar-refractivity contribution is 0.143. The lowest BCUT2D eigenvalue weighted by Crippen LogP contribution is -2.38. The predicted molar refractivity (Wildman–Crippen MR) is 99.9 cm³/mol. The molecule has 0 aliphatic heterocycles.